The molecular formula is C22H14F2N6O3. The number of nitrogens with one attached hydrogen (secondary N) is 1. The standard InChI is InChI=1S/C22H14F2N6O3/c23-12-3-1-11(2-4-12)19-28-29-21(33-19)22(31)30-8-7-14-17(26-10-25-14)18(30)20-27-15-9-13(24)5-6-16(15)32-20/h1-6,9-10,18H,7-8H2,(H,25,26)/t18-/m0/s1. The Morgan fingerprint density at radius 3 is 2.73 bits per heavy atom. The van der Waals surface area contributed by atoms with Gasteiger partial charge in [0.25, 0.3) is 0 Å². The van der Waals surface area contributed by atoms with E-state index in [0.29, 0.717) is 35.3 Å². The number of aromatic amines is 1. The van der Waals surface area contributed by atoms with Crippen molar-refractivity contribution in [3.63, 3.8) is 0 Å². The van der Waals surface area contributed by atoms with Crippen LogP contribution in [0, 0.1) is 11.6 Å². The molecule has 4 heterocycles. The SMILES string of the molecule is O=C(c1nnc(-c2ccc(F)cc2)o1)N1CCc2[nH]cnc2[C@H]1c1nc2cc(F)ccc2o1. The monoisotopic (exact) mass is 448 g/mol. The van der Waals surface area contributed by atoms with Gasteiger partial charge >= 0.3 is 11.8 Å². The van der Waals surface area contributed by atoms with Gasteiger partial charge in [-0.2, -0.15) is 0 Å². The lowest BCUT2D eigenvalue weighted by Gasteiger charge is -2.31. The van der Waals surface area contributed by atoms with Crippen molar-refractivity contribution in [1.82, 2.24) is 30.0 Å². The number of oxazole rings is 1. The lowest BCUT2D eigenvalue weighted by molar-refractivity contribution is 0.0627. The molecule has 0 bridgehead atoms. The number of amides is 1. The van der Waals surface area contributed by atoms with Crippen LogP contribution in [-0.2, 0) is 6.42 Å². The largest absolute Gasteiger partial charge is 0.438 e. The van der Waals surface area contributed by atoms with Crippen molar-refractivity contribution in [2.24, 2.45) is 0 Å². The van der Waals surface area contributed by atoms with Gasteiger partial charge in [-0.05, 0) is 36.4 Å². The maximum Gasteiger partial charge on any atom is 0.312 e. The van der Waals surface area contributed by atoms with Gasteiger partial charge in [-0.1, -0.05) is 0 Å². The number of aromatic nitrogens is 5. The van der Waals surface area contributed by atoms with E-state index in [4.69, 9.17) is 8.83 Å². The summed E-state index contributed by atoms with van der Waals surface area (Å²) in [5.74, 6) is -1.35. The molecule has 6 rings (SSSR count). The molecule has 33 heavy (non-hydrogen) atoms. The maximum absolute atomic E-state index is 13.7. The Morgan fingerprint density at radius 1 is 1.06 bits per heavy atom. The Kier molecular flexibility index (Phi) is 4.28. The Bertz CT molecular complexity index is 1490. The van der Waals surface area contributed by atoms with Gasteiger partial charge in [0, 0.05) is 30.3 Å². The molecule has 2 aromatic carbocycles. The zero-order valence-corrected chi connectivity index (χ0v) is 16.8. The molecule has 0 fully saturated rings. The van der Waals surface area contributed by atoms with Crippen LogP contribution < -0.4 is 0 Å². The number of H-pyrrole nitrogens is 1. The van der Waals surface area contributed by atoms with Crippen molar-refractivity contribution in [2.45, 2.75) is 12.5 Å². The molecule has 1 atom stereocenters. The van der Waals surface area contributed by atoms with E-state index >= 15 is 0 Å². The van der Waals surface area contributed by atoms with Crippen LogP contribution in [0.4, 0.5) is 8.78 Å². The highest BCUT2D eigenvalue weighted by atomic mass is 19.1. The van der Waals surface area contributed by atoms with Gasteiger partial charge in [0.2, 0.25) is 11.8 Å². The average molecular weight is 448 g/mol. The van der Waals surface area contributed by atoms with Gasteiger partial charge in [-0.25, -0.2) is 18.7 Å². The molecule has 164 valence electrons. The highest BCUT2D eigenvalue weighted by Gasteiger charge is 2.39. The number of carbonyl (C=O) groups is 1. The Morgan fingerprint density at radius 2 is 1.88 bits per heavy atom. The second kappa shape index (κ2) is 7.33. The molecule has 1 aliphatic heterocycles. The van der Waals surface area contributed by atoms with E-state index in [1.807, 2.05) is 0 Å². The predicted molar refractivity (Wildman–Crippen MR) is 109 cm³/mol. The molecule has 5 aromatic rings. The number of nitrogens with zero attached hydrogens (tertiary/aromatic N) is 5. The third kappa shape index (κ3) is 3.25. The van der Waals surface area contributed by atoms with Crippen LogP contribution in [-0.4, -0.2) is 42.5 Å². The zero-order chi connectivity index (χ0) is 22.5. The number of carbonyl (C=O) groups excluding carboxylic acids is 1. The first-order valence-corrected chi connectivity index (χ1v) is 10.1. The third-order valence-electron chi connectivity index (χ3n) is 5.49. The first-order chi connectivity index (χ1) is 16.1. The van der Waals surface area contributed by atoms with E-state index in [1.54, 1.807) is 0 Å². The molecule has 11 heteroatoms. The summed E-state index contributed by atoms with van der Waals surface area (Å²) in [4.78, 5) is 26.7. The van der Waals surface area contributed by atoms with Gasteiger partial charge in [-0.3, -0.25) is 4.79 Å². The van der Waals surface area contributed by atoms with E-state index in [0.717, 1.165) is 5.69 Å². The van der Waals surface area contributed by atoms with E-state index in [1.165, 1.54) is 53.7 Å². The van der Waals surface area contributed by atoms with E-state index < -0.39 is 23.6 Å². The minimum absolute atomic E-state index is 0.0877. The molecule has 1 aliphatic rings. The summed E-state index contributed by atoms with van der Waals surface area (Å²) in [6.07, 6.45) is 2.05. The molecule has 9 nitrogen and oxygen atoms in total. The van der Waals surface area contributed by atoms with Gasteiger partial charge in [-0.15, -0.1) is 10.2 Å². The molecule has 3 aromatic heterocycles. The number of hydrogen-bond acceptors (Lipinski definition) is 7. The fourth-order valence-corrected chi connectivity index (χ4v) is 3.92. The van der Waals surface area contributed by atoms with Crippen molar-refractivity contribution in [1.29, 1.82) is 0 Å². The molecule has 1 amide bonds. The minimum atomic E-state index is -0.774. The summed E-state index contributed by atoms with van der Waals surface area (Å²) in [5.41, 5.74) is 2.61. The fourth-order valence-electron chi connectivity index (χ4n) is 3.92. The Labute approximate surface area is 184 Å². The number of benzene rings is 2. The number of halogens is 2. The van der Waals surface area contributed by atoms with Crippen molar-refractivity contribution in [3.8, 4) is 11.5 Å². The Hall–Kier alpha value is -4.41. The molecule has 1 N–H and O–H groups in total. The van der Waals surface area contributed by atoms with Gasteiger partial charge in [0.1, 0.15) is 17.2 Å². The van der Waals surface area contributed by atoms with Crippen LogP contribution in [0.25, 0.3) is 22.6 Å². The predicted octanol–water partition coefficient (Wildman–Crippen LogP) is 3.67. The highest BCUT2D eigenvalue weighted by Crippen LogP contribution is 2.35. The van der Waals surface area contributed by atoms with E-state index in [9.17, 15) is 13.6 Å². The third-order valence-corrected chi connectivity index (χ3v) is 5.49. The van der Waals surface area contributed by atoms with Crippen LogP contribution >= 0.6 is 0 Å². The first kappa shape index (κ1) is 19.3. The van der Waals surface area contributed by atoms with Gasteiger partial charge in [0.05, 0.1) is 12.0 Å². The molecular weight excluding hydrogens is 434 g/mol. The Balaban J connectivity index is 1.39. The van der Waals surface area contributed by atoms with E-state index in [-0.39, 0.29) is 17.7 Å². The molecule has 0 saturated carbocycles. The zero-order valence-electron chi connectivity index (χ0n) is 16.8. The normalized spacial score (nSPS) is 15.7. The van der Waals surface area contributed by atoms with Gasteiger partial charge in [0.15, 0.2) is 11.6 Å². The van der Waals surface area contributed by atoms with Crippen molar-refractivity contribution in [3.05, 3.63) is 83.6 Å². The van der Waals surface area contributed by atoms with E-state index in [2.05, 4.69) is 25.1 Å². The average Bonchev–Trinajstić information content (AvgIpc) is 3.57. The number of hydrogen-bond donors (Lipinski definition) is 1. The van der Waals surface area contributed by atoms with Crippen molar-refractivity contribution >= 4 is 17.0 Å². The lowest BCUT2D eigenvalue weighted by Crippen LogP contribution is -2.41. The molecule has 0 spiro atoms. The summed E-state index contributed by atoms with van der Waals surface area (Å²) >= 11 is 0. The van der Waals surface area contributed by atoms with Crippen LogP contribution in [0.1, 0.15) is 34.0 Å². The summed E-state index contributed by atoms with van der Waals surface area (Å²) < 4.78 is 38.3. The molecule has 0 unspecified atom stereocenters. The van der Waals surface area contributed by atoms with Crippen LogP contribution in [0.2, 0.25) is 0 Å². The topological polar surface area (TPSA) is 114 Å². The molecule has 0 aliphatic carbocycles. The van der Waals surface area contributed by atoms with Crippen LogP contribution in [0.3, 0.4) is 0 Å². The van der Waals surface area contributed by atoms with Crippen LogP contribution in [0.5, 0.6) is 0 Å². The van der Waals surface area contributed by atoms with Crippen molar-refractivity contribution < 1.29 is 22.4 Å². The summed E-state index contributed by atoms with van der Waals surface area (Å²) in [6.45, 7) is 0.306. The number of fused-ring (bicyclic) bond motifs is 2. The summed E-state index contributed by atoms with van der Waals surface area (Å²) in [5, 5.41) is 7.81. The quantitative estimate of drug-likeness (QED) is 0.448. The van der Waals surface area contributed by atoms with Gasteiger partial charge < -0.3 is 18.7 Å². The minimum Gasteiger partial charge on any atom is -0.438 e. The highest BCUT2D eigenvalue weighted by molar-refractivity contribution is 5.90. The second-order valence-corrected chi connectivity index (χ2v) is 7.50. The summed E-state index contributed by atoms with van der Waals surface area (Å²) in [7, 11) is 0. The second-order valence-electron chi connectivity index (χ2n) is 7.50. The molecule has 0 saturated heterocycles. The first-order valence-electron chi connectivity index (χ1n) is 10.1. The number of imidazole rings is 1. The lowest BCUT2D eigenvalue weighted by atomic mass is 10.0. The number of rotatable bonds is 3. The fraction of sp³-hybridized carbons (Fsp3) is 0.136. The van der Waals surface area contributed by atoms with Crippen LogP contribution in [0.15, 0.2) is 57.6 Å². The smallest absolute Gasteiger partial charge is 0.312 e. The maximum atomic E-state index is 13.7. The summed E-state index contributed by atoms with van der Waals surface area (Å²) in [6, 6.07) is 8.72. The van der Waals surface area contributed by atoms with Crippen molar-refractivity contribution in [2.75, 3.05) is 6.54 Å². The molecule has 0 radical (unpaired) electrons.